The molecular weight excluding hydrogens is 499 g/mol. The molecule has 0 aliphatic rings. The van der Waals surface area contributed by atoms with Crippen LogP contribution >= 0.6 is 0 Å². The molecule has 0 aliphatic carbocycles. The van der Waals surface area contributed by atoms with E-state index in [2.05, 4.69) is 31.6 Å². The molecule has 5 aromatic rings. The topological polar surface area (TPSA) is 84.4 Å². The Bertz CT molecular complexity index is 1130. The van der Waals surface area contributed by atoms with Crippen molar-refractivity contribution in [1.82, 2.24) is 24.9 Å². The second-order valence-electron chi connectivity index (χ2n) is 6.27. The van der Waals surface area contributed by atoms with Crippen LogP contribution in [0.5, 0.6) is 0 Å². The average Bonchev–Trinajstić information content (AvgIpc) is 2.92. The van der Waals surface area contributed by atoms with Crippen LogP contribution in [-0.2, 0) is 24.1 Å². The number of rotatable bonds is 3. The monoisotopic (exact) mass is 519 g/mol. The second kappa shape index (κ2) is 14.2. The van der Waals surface area contributed by atoms with E-state index in [0.29, 0.717) is 0 Å². The summed E-state index contributed by atoms with van der Waals surface area (Å²) in [5.41, 5.74) is 5.29. The quantitative estimate of drug-likeness (QED) is 0.184. The predicted molar refractivity (Wildman–Crippen MR) is 122 cm³/mol. The van der Waals surface area contributed by atoms with E-state index in [1.54, 1.807) is 24.8 Å². The first-order valence-electron chi connectivity index (χ1n) is 9.73. The molecule has 0 radical (unpaired) electrons. The van der Waals surface area contributed by atoms with Gasteiger partial charge in [0, 0.05) is 24.8 Å². The third-order valence-electron chi connectivity index (χ3n) is 4.20. The van der Waals surface area contributed by atoms with Crippen LogP contribution in [0.25, 0.3) is 34.2 Å². The summed E-state index contributed by atoms with van der Waals surface area (Å²) in [5.74, 6) is 0. The minimum atomic E-state index is 0. The van der Waals surface area contributed by atoms with E-state index < -0.39 is 0 Å². The molecule has 6 nitrogen and oxygen atoms in total. The van der Waals surface area contributed by atoms with Gasteiger partial charge in [-0.2, -0.15) is 0 Å². The first kappa shape index (κ1) is 25.4. The Morgan fingerprint density at radius 2 is 0.667 bits per heavy atom. The summed E-state index contributed by atoms with van der Waals surface area (Å²) in [4.78, 5) is 21.6. The zero-order valence-corrected chi connectivity index (χ0v) is 19.2. The smallest absolute Gasteiger partial charge is 0.255 e. The minimum Gasteiger partial charge on any atom is -0.255 e. The molecule has 0 N–H and O–H groups in total. The van der Waals surface area contributed by atoms with Crippen LogP contribution in [0.1, 0.15) is 0 Å². The largest absolute Gasteiger partial charge is 2.00 e. The molecule has 0 saturated carbocycles. The summed E-state index contributed by atoms with van der Waals surface area (Å²) >= 11 is 0. The third-order valence-corrected chi connectivity index (χ3v) is 4.20. The van der Waals surface area contributed by atoms with E-state index in [0.717, 1.165) is 34.2 Å². The third kappa shape index (κ3) is 7.63. The molecule has 0 bridgehead atoms. The zero-order chi connectivity index (χ0) is 22.4. The van der Waals surface area contributed by atoms with Crippen LogP contribution in [0, 0.1) is 6.65 Å². The molecule has 0 aromatic carbocycles. The Morgan fingerprint density at radius 1 is 0.394 bits per heavy atom. The number of nitrogens with zero attached hydrogens (tertiary/aromatic N) is 5. The van der Waals surface area contributed by atoms with Crippen LogP contribution in [0.3, 0.4) is 0 Å². The van der Waals surface area contributed by atoms with Gasteiger partial charge < -0.3 is 0 Å². The summed E-state index contributed by atoms with van der Waals surface area (Å²) < 4.78 is 7.50. The molecule has 160 valence electrons. The van der Waals surface area contributed by atoms with Crippen molar-refractivity contribution < 1.29 is 24.1 Å². The van der Waals surface area contributed by atoms with Gasteiger partial charge in [0.1, 0.15) is 0 Å². The molecule has 0 aliphatic heterocycles. The van der Waals surface area contributed by atoms with E-state index in [1.807, 2.05) is 91.0 Å². The van der Waals surface area contributed by atoms with Crippen molar-refractivity contribution >= 4 is 0 Å². The van der Waals surface area contributed by atoms with Crippen molar-refractivity contribution in [3.05, 3.63) is 122 Å². The van der Waals surface area contributed by atoms with E-state index in [1.165, 1.54) is 0 Å². The van der Waals surface area contributed by atoms with Crippen LogP contribution < -0.4 is 0 Å². The molecule has 0 amide bonds. The zero-order valence-electron chi connectivity index (χ0n) is 17.5. The van der Waals surface area contributed by atoms with E-state index >= 15 is 0 Å². The minimum absolute atomic E-state index is 0. The summed E-state index contributed by atoms with van der Waals surface area (Å²) in [6, 6.07) is 29.1. The van der Waals surface area contributed by atoms with Gasteiger partial charge in [-0.05, 0) is 60.7 Å². The summed E-state index contributed by atoms with van der Waals surface area (Å²) in [6.45, 7) is 4.50. The van der Waals surface area contributed by atoms with E-state index in [9.17, 15) is 0 Å². The number of hydrogen-bond acceptors (Lipinski definition) is 5. The Labute approximate surface area is 205 Å². The maximum absolute atomic E-state index is 7.50. The van der Waals surface area contributed by atoms with Gasteiger partial charge in [0.05, 0.1) is 34.2 Å². The Balaban J connectivity index is 0.000000225. The van der Waals surface area contributed by atoms with Gasteiger partial charge in [0.2, 0.25) is 0 Å². The second-order valence-corrected chi connectivity index (χ2v) is 6.27. The molecular formula is C26H19N5ORu+2. The van der Waals surface area contributed by atoms with Crippen LogP contribution in [0.4, 0.5) is 0 Å². The molecule has 5 heterocycles. The predicted octanol–water partition coefficient (Wildman–Crippen LogP) is 5.31. The average molecular weight is 519 g/mol. The summed E-state index contributed by atoms with van der Waals surface area (Å²) in [6.07, 6.45) is 7.07. The van der Waals surface area contributed by atoms with Crippen LogP contribution in [0.15, 0.2) is 116 Å². The standard InChI is InChI=1S/C15H11N3.C10H8N2.CO.Ru/c1-3-10-16-12(6-1)14-8-5-9-15(18-14)13-7-2-4-11-17-13;1-3-7-11-9(5-1)10-6-2-4-8-12-10;1-2;/h1-11H;1-8H;;/q;;;+2. The molecule has 33 heavy (non-hydrogen) atoms. The van der Waals surface area contributed by atoms with Gasteiger partial charge in [-0.1, -0.05) is 30.3 Å². The van der Waals surface area contributed by atoms with Crippen LogP contribution in [-0.4, -0.2) is 24.9 Å². The van der Waals surface area contributed by atoms with Gasteiger partial charge in [-0.25, -0.2) is 4.98 Å². The Morgan fingerprint density at radius 3 is 0.939 bits per heavy atom. The fourth-order valence-corrected chi connectivity index (χ4v) is 2.78. The van der Waals surface area contributed by atoms with Gasteiger partial charge >= 0.3 is 30.8 Å². The van der Waals surface area contributed by atoms with Crippen molar-refractivity contribution in [1.29, 1.82) is 0 Å². The Hall–Kier alpha value is -3.89. The number of hydrogen-bond donors (Lipinski definition) is 0. The van der Waals surface area contributed by atoms with Crippen molar-refractivity contribution in [3.63, 3.8) is 0 Å². The van der Waals surface area contributed by atoms with Crippen LogP contribution in [0.2, 0.25) is 0 Å². The number of pyridine rings is 5. The van der Waals surface area contributed by atoms with Crippen molar-refractivity contribution in [3.8, 4) is 34.2 Å². The number of aromatic nitrogens is 5. The van der Waals surface area contributed by atoms with E-state index in [-0.39, 0.29) is 19.5 Å². The normalized spacial score (nSPS) is 9.15. The molecule has 0 fully saturated rings. The first-order valence-corrected chi connectivity index (χ1v) is 9.73. The van der Waals surface area contributed by atoms with Crippen molar-refractivity contribution in [2.24, 2.45) is 0 Å². The molecule has 5 aromatic heterocycles. The molecule has 0 spiro atoms. The Kier molecular flexibility index (Phi) is 10.9. The molecule has 7 heteroatoms. The summed E-state index contributed by atoms with van der Waals surface area (Å²) in [7, 11) is 0. The van der Waals surface area contributed by atoms with Gasteiger partial charge in [0.25, 0.3) is 0 Å². The SMILES string of the molecule is [C-]#[O+].[Ru+2].c1ccc(-c2cccc(-c3ccccn3)n2)nc1.c1ccc(-c2ccccn2)nc1. The van der Waals surface area contributed by atoms with Crippen molar-refractivity contribution in [2.45, 2.75) is 0 Å². The summed E-state index contributed by atoms with van der Waals surface area (Å²) in [5, 5.41) is 0. The van der Waals surface area contributed by atoms with E-state index in [4.69, 9.17) is 4.65 Å². The van der Waals surface area contributed by atoms with Crippen molar-refractivity contribution in [2.75, 3.05) is 0 Å². The molecule has 0 unspecified atom stereocenters. The molecule has 5 rings (SSSR count). The first-order chi connectivity index (χ1) is 15.9. The fraction of sp³-hybridized carbons (Fsp3) is 0. The maximum atomic E-state index is 7.50. The van der Waals surface area contributed by atoms with Gasteiger partial charge in [-0.3, -0.25) is 19.9 Å². The molecule has 0 atom stereocenters. The maximum Gasteiger partial charge on any atom is 2.00 e. The fourth-order valence-electron chi connectivity index (χ4n) is 2.78. The van der Waals surface area contributed by atoms with Gasteiger partial charge in [0.15, 0.2) is 0 Å². The molecule has 0 saturated heterocycles. The van der Waals surface area contributed by atoms with Gasteiger partial charge in [-0.15, -0.1) is 0 Å².